The van der Waals surface area contributed by atoms with Crippen LogP contribution in [0.25, 0.3) is 33.2 Å². The van der Waals surface area contributed by atoms with Crippen molar-refractivity contribution in [2.45, 2.75) is 13.0 Å². The molecule has 0 saturated carbocycles. The van der Waals surface area contributed by atoms with Gasteiger partial charge in [0.05, 0.1) is 38.6 Å². The Kier molecular flexibility index (Phi) is 6.34. The Hall–Kier alpha value is -4.17. The summed E-state index contributed by atoms with van der Waals surface area (Å²) in [5.41, 5.74) is 9.06. The zero-order chi connectivity index (χ0) is 24.4. The van der Waals surface area contributed by atoms with Crippen molar-refractivity contribution in [3.8, 4) is 33.9 Å². The fourth-order valence-electron chi connectivity index (χ4n) is 4.15. The summed E-state index contributed by atoms with van der Waals surface area (Å²) in [4.78, 5) is 25.2. The highest BCUT2D eigenvalue weighted by Gasteiger charge is 2.30. The van der Waals surface area contributed by atoms with Crippen molar-refractivity contribution in [3.05, 3.63) is 65.9 Å². The zero-order valence-corrected chi connectivity index (χ0v) is 19.3. The van der Waals surface area contributed by atoms with E-state index in [9.17, 15) is 9.59 Å². The van der Waals surface area contributed by atoms with Crippen molar-refractivity contribution in [1.82, 2.24) is 10.2 Å². The zero-order valence-electron chi connectivity index (χ0n) is 19.3. The smallest absolute Gasteiger partial charge is 0.359 e. The lowest BCUT2D eigenvalue weighted by molar-refractivity contribution is -0.118. The summed E-state index contributed by atoms with van der Waals surface area (Å²) in [5, 5.41) is 9.00. The van der Waals surface area contributed by atoms with Gasteiger partial charge in [-0.25, -0.2) is 4.79 Å². The van der Waals surface area contributed by atoms with Gasteiger partial charge in [0.2, 0.25) is 0 Å². The molecule has 3 N–H and O–H groups in total. The molecule has 0 aliphatic rings. The van der Waals surface area contributed by atoms with Crippen LogP contribution in [0.5, 0.6) is 11.5 Å². The summed E-state index contributed by atoms with van der Waals surface area (Å²) < 4.78 is 16.3. The van der Waals surface area contributed by atoms with Crippen molar-refractivity contribution in [2.75, 3.05) is 21.3 Å². The summed E-state index contributed by atoms with van der Waals surface area (Å²) >= 11 is 0. The standard InChI is InChI=1S/C26H25N3O5/c1-14(30)23(27)17-13-12-15-8-5-6-9-16(15)20(17)22-24(28-29-25(22)26(31)34-4)21-18(32-2)10-7-11-19(21)33-3/h5-13,23H,27H2,1-4H3,(H,28,29). The van der Waals surface area contributed by atoms with Crippen LogP contribution in [-0.4, -0.2) is 43.3 Å². The Bertz CT molecular complexity index is 1370. The first kappa shape index (κ1) is 23.0. The third kappa shape index (κ3) is 3.78. The maximum absolute atomic E-state index is 12.8. The van der Waals surface area contributed by atoms with Gasteiger partial charge in [-0.1, -0.05) is 42.5 Å². The summed E-state index contributed by atoms with van der Waals surface area (Å²) in [6, 6.07) is 15.8. The van der Waals surface area contributed by atoms with Gasteiger partial charge in [-0.15, -0.1) is 0 Å². The number of methoxy groups -OCH3 is 3. The minimum atomic E-state index is -0.910. The van der Waals surface area contributed by atoms with E-state index in [1.165, 1.54) is 14.0 Å². The molecule has 8 heteroatoms. The van der Waals surface area contributed by atoms with Crippen LogP contribution in [0, 0.1) is 0 Å². The highest BCUT2D eigenvalue weighted by molar-refractivity contribution is 6.09. The second-order valence-electron chi connectivity index (χ2n) is 7.69. The average molecular weight is 460 g/mol. The number of ether oxygens (including phenoxy) is 3. The molecule has 174 valence electrons. The third-order valence-electron chi connectivity index (χ3n) is 5.81. The molecule has 1 unspecified atom stereocenters. The molecule has 1 heterocycles. The summed E-state index contributed by atoms with van der Waals surface area (Å²) in [5.74, 6) is 0.175. The molecular formula is C26H25N3O5. The topological polar surface area (TPSA) is 117 Å². The monoisotopic (exact) mass is 459 g/mol. The van der Waals surface area contributed by atoms with Crippen LogP contribution < -0.4 is 15.2 Å². The second-order valence-corrected chi connectivity index (χ2v) is 7.69. The van der Waals surface area contributed by atoms with Crippen molar-refractivity contribution < 1.29 is 23.8 Å². The van der Waals surface area contributed by atoms with Crippen LogP contribution in [0.15, 0.2) is 54.6 Å². The first-order valence-corrected chi connectivity index (χ1v) is 10.6. The van der Waals surface area contributed by atoms with Gasteiger partial charge in [0.1, 0.15) is 11.5 Å². The predicted octanol–water partition coefficient (Wildman–Crippen LogP) is 4.29. The minimum absolute atomic E-state index is 0.0545. The molecule has 0 aliphatic heterocycles. The third-order valence-corrected chi connectivity index (χ3v) is 5.81. The first-order valence-electron chi connectivity index (χ1n) is 10.6. The molecule has 0 aliphatic carbocycles. The number of benzene rings is 3. The Morgan fingerprint density at radius 2 is 1.56 bits per heavy atom. The van der Waals surface area contributed by atoms with Gasteiger partial charge >= 0.3 is 5.97 Å². The van der Waals surface area contributed by atoms with Crippen molar-refractivity contribution in [2.24, 2.45) is 5.73 Å². The van der Waals surface area contributed by atoms with E-state index in [1.54, 1.807) is 38.5 Å². The number of carbonyl (C=O) groups excluding carboxylic acids is 2. The summed E-state index contributed by atoms with van der Waals surface area (Å²) in [6.45, 7) is 1.43. The van der Waals surface area contributed by atoms with Crippen LogP contribution >= 0.6 is 0 Å². The van der Waals surface area contributed by atoms with E-state index in [1.807, 2.05) is 30.3 Å². The van der Waals surface area contributed by atoms with E-state index in [-0.39, 0.29) is 11.5 Å². The molecule has 0 fully saturated rings. The Morgan fingerprint density at radius 1 is 0.882 bits per heavy atom. The number of nitrogens with two attached hydrogens (primary N) is 1. The number of hydrogen-bond acceptors (Lipinski definition) is 7. The Morgan fingerprint density at radius 3 is 2.18 bits per heavy atom. The van der Waals surface area contributed by atoms with Crippen LogP contribution in [0.2, 0.25) is 0 Å². The molecule has 4 aromatic rings. The van der Waals surface area contributed by atoms with Crippen molar-refractivity contribution in [1.29, 1.82) is 0 Å². The average Bonchev–Trinajstić information content (AvgIpc) is 3.30. The molecule has 3 aromatic carbocycles. The number of esters is 1. The number of hydrogen-bond donors (Lipinski definition) is 2. The van der Waals surface area contributed by atoms with Crippen LogP contribution in [-0.2, 0) is 9.53 Å². The largest absolute Gasteiger partial charge is 0.496 e. The van der Waals surface area contributed by atoms with Crippen LogP contribution in [0.1, 0.15) is 29.0 Å². The van der Waals surface area contributed by atoms with E-state index in [4.69, 9.17) is 19.9 Å². The van der Waals surface area contributed by atoms with Gasteiger partial charge in [0.15, 0.2) is 11.5 Å². The molecule has 4 rings (SSSR count). The number of rotatable bonds is 7. The number of nitrogens with zero attached hydrogens (tertiary/aromatic N) is 1. The maximum Gasteiger partial charge on any atom is 0.359 e. The van der Waals surface area contributed by atoms with E-state index < -0.39 is 12.0 Å². The van der Waals surface area contributed by atoms with E-state index in [0.29, 0.717) is 39.4 Å². The second kappa shape index (κ2) is 9.36. The molecule has 0 saturated heterocycles. The molecule has 1 aromatic heterocycles. The van der Waals surface area contributed by atoms with Gasteiger partial charge in [0, 0.05) is 5.56 Å². The molecule has 34 heavy (non-hydrogen) atoms. The SMILES string of the molecule is COC(=O)c1n[nH]c(-c2c(OC)cccc2OC)c1-c1c(C(N)C(C)=O)ccc2ccccc12. The number of aromatic nitrogens is 2. The lowest BCUT2D eigenvalue weighted by atomic mass is 9.86. The van der Waals surface area contributed by atoms with E-state index >= 15 is 0 Å². The number of Topliss-reactive ketones (excluding diaryl/α,β-unsaturated/α-hetero) is 1. The maximum atomic E-state index is 12.8. The number of H-pyrrole nitrogens is 1. The van der Waals surface area contributed by atoms with Gasteiger partial charge in [-0.3, -0.25) is 9.89 Å². The summed E-state index contributed by atoms with van der Waals surface area (Å²) in [6.07, 6.45) is 0. The minimum Gasteiger partial charge on any atom is -0.496 e. The number of ketones is 1. The molecule has 0 spiro atoms. The quantitative estimate of drug-likeness (QED) is 0.396. The fourth-order valence-corrected chi connectivity index (χ4v) is 4.15. The molecule has 0 amide bonds. The van der Waals surface area contributed by atoms with Gasteiger partial charge in [-0.2, -0.15) is 5.10 Å². The molecule has 0 bridgehead atoms. The van der Waals surface area contributed by atoms with Crippen molar-refractivity contribution in [3.63, 3.8) is 0 Å². The van der Waals surface area contributed by atoms with E-state index in [2.05, 4.69) is 10.2 Å². The molecular weight excluding hydrogens is 434 g/mol. The fraction of sp³-hybridized carbons (Fsp3) is 0.192. The predicted molar refractivity (Wildman–Crippen MR) is 129 cm³/mol. The molecule has 1 atom stereocenters. The number of nitrogens with one attached hydrogen (secondary N) is 1. The van der Waals surface area contributed by atoms with Crippen LogP contribution in [0.3, 0.4) is 0 Å². The van der Waals surface area contributed by atoms with Crippen molar-refractivity contribution >= 4 is 22.5 Å². The number of carbonyl (C=O) groups is 2. The molecule has 8 nitrogen and oxygen atoms in total. The van der Waals surface area contributed by atoms with Gasteiger partial charge in [0.25, 0.3) is 0 Å². The molecule has 0 radical (unpaired) electrons. The Balaban J connectivity index is 2.19. The number of fused-ring (bicyclic) bond motifs is 1. The normalized spacial score (nSPS) is 11.8. The number of aromatic amines is 1. The van der Waals surface area contributed by atoms with Gasteiger partial charge < -0.3 is 19.9 Å². The van der Waals surface area contributed by atoms with E-state index in [0.717, 1.165) is 10.8 Å². The Labute approximate surface area is 196 Å². The lowest BCUT2D eigenvalue weighted by Crippen LogP contribution is -2.20. The first-order chi connectivity index (χ1) is 16.4. The highest BCUT2D eigenvalue weighted by Crippen LogP contribution is 2.46. The highest BCUT2D eigenvalue weighted by atomic mass is 16.5. The van der Waals surface area contributed by atoms with Gasteiger partial charge in [-0.05, 0) is 41.0 Å². The summed E-state index contributed by atoms with van der Waals surface area (Å²) in [7, 11) is 4.38. The van der Waals surface area contributed by atoms with Crippen LogP contribution in [0.4, 0.5) is 0 Å². The lowest BCUT2D eigenvalue weighted by Gasteiger charge is -2.19.